The summed E-state index contributed by atoms with van der Waals surface area (Å²) in [6, 6.07) is 37.9. The van der Waals surface area contributed by atoms with E-state index in [1.54, 1.807) is 0 Å². The summed E-state index contributed by atoms with van der Waals surface area (Å²) in [6.07, 6.45) is 6.07. The topological polar surface area (TPSA) is 18.1 Å². The van der Waals surface area contributed by atoms with Crippen molar-refractivity contribution in [2.75, 3.05) is 0 Å². The summed E-state index contributed by atoms with van der Waals surface area (Å²) in [4.78, 5) is 0. The van der Waals surface area contributed by atoms with Crippen LogP contribution in [0.15, 0.2) is 114 Å². The third-order valence-corrected chi connectivity index (χ3v) is 13.9. The van der Waals surface area contributed by atoms with Crippen LogP contribution in [0.25, 0.3) is 17.1 Å². The van der Waals surface area contributed by atoms with E-state index in [-0.39, 0.29) is 5.04 Å². The number of aromatic nitrogens is 1. The van der Waals surface area contributed by atoms with Crippen LogP contribution in [0.2, 0.25) is 5.04 Å². The maximum absolute atomic E-state index is 6.22. The van der Waals surface area contributed by atoms with Crippen LogP contribution in [0.1, 0.15) is 58.6 Å². The average molecular weight is 532 g/mol. The maximum Gasteiger partial charge on any atom is 0.174 e. The standard InChI is InChI=1S/C36H41NOSi/c1-6-18-31-32(19-7-2)35(37(28-20-11-8-12-21-28)34(31)33-26-17-27-38-33)39(36(3,4)5,29-22-13-9-14-23-29)30-24-15-10-16-25-30/h8-17,20-27H,6-7,18-19H2,1-5H3. The summed E-state index contributed by atoms with van der Waals surface area (Å²) >= 11 is 0. The van der Waals surface area contributed by atoms with Crippen molar-refractivity contribution in [3.05, 3.63) is 121 Å². The molecule has 0 aliphatic heterocycles. The largest absolute Gasteiger partial charge is 0.463 e. The van der Waals surface area contributed by atoms with Crippen LogP contribution in [-0.4, -0.2) is 12.6 Å². The molecule has 0 atom stereocenters. The molecular formula is C36H41NOSi. The van der Waals surface area contributed by atoms with Crippen LogP contribution in [0.5, 0.6) is 0 Å². The number of benzene rings is 3. The lowest BCUT2D eigenvalue weighted by Gasteiger charge is -2.45. The quantitative estimate of drug-likeness (QED) is 0.177. The van der Waals surface area contributed by atoms with Crippen molar-refractivity contribution in [3.63, 3.8) is 0 Å². The third kappa shape index (κ3) is 4.63. The van der Waals surface area contributed by atoms with E-state index >= 15 is 0 Å². The number of nitrogens with zero attached hydrogens (tertiary/aromatic N) is 1. The molecule has 3 heteroatoms. The minimum absolute atomic E-state index is 0.0208. The van der Waals surface area contributed by atoms with Gasteiger partial charge in [-0.2, -0.15) is 0 Å². The number of furan rings is 1. The highest BCUT2D eigenvalue weighted by molar-refractivity contribution is 7.13. The van der Waals surface area contributed by atoms with Gasteiger partial charge in [0.15, 0.2) is 13.8 Å². The van der Waals surface area contributed by atoms with Crippen molar-refractivity contribution in [3.8, 4) is 17.1 Å². The second-order valence-corrected chi connectivity index (χ2v) is 16.2. The molecule has 2 nitrogen and oxygen atoms in total. The van der Waals surface area contributed by atoms with Gasteiger partial charge in [0.2, 0.25) is 0 Å². The Hall–Kier alpha value is -3.56. The van der Waals surface area contributed by atoms with Crippen molar-refractivity contribution in [1.82, 2.24) is 4.57 Å². The summed E-state index contributed by atoms with van der Waals surface area (Å²) in [5.41, 5.74) is 5.39. The second kappa shape index (κ2) is 11.3. The van der Waals surface area contributed by atoms with E-state index in [4.69, 9.17) is 4.42 Å². The Morgan fingerprint density at radius 2 is 1.15 bits per heavy atom. The van der Waals surface area contributed by atoms with E-state index in [0.29, 0.717) is 0 Å². The predicted octanol–water partition coefficient (Wildman–Crippen LogP) is 7.91. The Bertz CT molecular complexity index is 1440. The van der Waals surface area contributed by atoms with E-state index in [1.165, 1.54) is 38.2 Å². The zero-order chi connectivity index (χ0) is 27.5. The summed E-state index contributed by atoms with van der Waals surface area (Å²) in [7, 11) is -2.67. The summed E-state index contributed by atoms with van der Waals surface area (Å²) < 4.78 is 8.82. The van der Waals surface area contributed by atoms with Gasteiger partial charge < -0.3 is 8.98 Å². The van der Waals surface area contributed by atoms with E-state index < -0.39 is 8.07 Å². The van der Waals surface area contributed by atoms with Crippen LogP contribution >= 0.6 is 0 Å². The molecular weight excluding hydrogens is 490 g/mol. The average Bonchev–Trinajstić information content (AvgIpc) is 3.58. The smallest absolute Gasteiger partial charge is 0.174 e. The van der Waals surface area contributed by atoms with Crippen LogP contribution in [-0.2, 0) is 12.8 Å². The van der Waals surface area contributed by atoms with Crippen molar-refractivity contribution in [2.24, 2.45) is 0 Å². The number of hydrogen-bond acceptors (Lipinski definition) is 1. The number of rotatable bonds is 9. The lowest BCUT2D eigenvalue weighted by atomic mass is 10.0. The highest BCUT2D eigenvalue weighted by Crippen LogP contribution is 2.41. The lowest BCUT2D eigenvalue weighted by Crippen LogP contribution is -2.74. The van der Waals surface area contributed by atoms with Crippen LogP contribution in [0.4, 0.5) is 0 Å². The van der Waals surface area contributed by atoms with Crippen molar-refractivity contribution >= 4 is 23.8 Å². The van der Waals surface area contributed by atoms with Crippen molar-refractivity contribution in [1.29, 1.82) is 0 Å². The summed E-state index contributed by atoms with van der Waals surface area (Å²) in [5, 5.41) is 4.37. The van der Waals surface area contributed by atoms with Gasteiger partial charge in [0, 0.05) is 11.0 Å². The van der Waals surface area contributed by atoms with Gasteiger partial charge in [0.25, 0.3) is 0 Å². The molecule has 0 bridgehead atoms. The van der Waals surface area contributed by atoms with Crippen molar-refractivity contribution < 1.29 is 4.42 Å². The van der Waals surface area contributed by atoms with Crippen molar-refractivity contribution in [2.45, 2.75) is 65.3 Å². The normalized spacial score (nSPS) is 12.1. The maximum atomic E-state index is 6.22. The lowest BCUT2D eigenvalue weighted by molar-refractivity contribution is 0.577. The molecule has 2 aromatic heterocycles. The van der Waals surface area contributed by atoms with Gasteiger partial charge in [-0.1, -0.05) is 126 Å². The predicted molar refractivity (Wildman–Crippen MR) is 169 cm³/mol. The first-order chi connectivity index (χ1) is 18.9. The first-order valence-corrected chi connectivity index (χ1v) is 16.4. The number of hydrogen-bond donors (Lipinski definition) is 0. The Morgan fingerprint density at radius 1 is 0.641 bits per heavy atom. The fraction of sp³-hybridized carbons (Fsp3) is 0.278. The highest BCUT2D eigenvalue weighted by atomic mass is 28.3. The summed E-state index contributed by atoms with van der Waals surface area (Å²) in [5.74, 6) is 0.948. The second-order valence-electron chi connectivity index (χ2n) is 11.5. The molecule has 2 heterocycles. The number of para-hydroxylation sites is 1. The van der Waals surface area contributed by atoms with Crippen LogP contribution in [0, 0.1) is 0 Å². The Balaban J connectivity index is 2.08. The summed E-state index contributed by atoms with van der Waals surface area (Å²) in [6.45, 7) is 12.0. The van der Waals surface area contributed by atoms with Gasteiger partial charge in [-0.05, 0) is 63.6 Å². The third-order valence-electron chi connectivity index (χ3n) is 8.05. The molecule has 0 saturated heterocycles. The highest BCUT2D eigenvalue weighted by Gasteiger charge is 2.53. The fourth-order valence-corrected chi connectivity index (χ4v) is 12.7. The zero-order valence-corrected chi connectivity index (χ0v) is 25.1. The zero-order valence-electron chi connectivity index (χ0n) is 24.1. The molecule has 0 spiro atoms. The van der Waals surface area contributed by atoms with E-state index in [2.05, 4.69) is 136 Å². The van der Waals surface area contributed by atoms with Gasteiger partial charge in [-0.3, -0.25) is 0 Å². The van der Waals surface area contributed by atoms with E-state index in [1.807, 2.05) is 12.3 Å². The molecule has 0 fully saturated rings. The molecule has 0 saturated carbocycles. The molecule has 5 aromatic rings. The molecule has 0 aliphatic rings. The van der Waals surface area contributed by atoms with Gasteiger partial charge in [-0.15, -0.1) is 0 Å². The van der Waals surface area contributed by atoms with E-state index in [9.17, 15) is 0 Å². The Morgan fingerprint density at radius 3 is 1.62 bits per heavy atom. The molecule has 0 radical (unpaired) electrons. The molecule has 0 aliphatic carbocycles. The van der Waals surface area contributed by atoms with Gasteiger partial charge in [-0.25, -0.2) is 0 Å². The van der Waals surface area contributed by atoms with Gasteiger partial charge in [0.1, 0.15) is 0 Å². The Kier molecular flexibility index (Phi) is 7.81. The first-order valence-electron chi connectivity index (χ1n) is 14.4. The fourth-order valence-electron chi connectivity index (χ4n) is 6.65. The molecule has 0 amide bonds. The molecule has 0 N–H and O–H groups in total. The molecule has 200 valence electrons. The molecule has 0 unspecified atom stereocenters. The monoisotopic (exact) mass is 531 g/mol. The molecule has 3 aromatic carbocycles. The van der Waals surface area contributed by atoms with Gasteiger partial charge >= 0.3 is 0 Å². The minimum Gasteiger partial charge on any atom is -0.463 e. The van der Waals surface area contributed by atoms with E-state index in [0.717, 1.165) is 31.4 Å². The molecule has 5 rings (SSSR count). The Labute approximate surface area is 235 Å². The first kappa shape index (κ1) is 27.0. The molecule has 39 heavy (non-hydrogen) atoms. The van der Waals surface area contributed by atoms with Gasteiger partial charge in [0.05, 0.1) is 12.0 Å². The SMILES string of the molecule is CCCc1c(CCC)c([Si](c2ccccc2)(c2ccccc2)C(C)(C)C)n(-c2ccccc2)c1-c1ccco1. The van der Waals surface area contributed by atoms with Crippen LogP contribution < -0.4 is 15.7 Å². The van der Waals surface area contributed by atoms with Crippen LogP contribution in [0.3, 0.4) is 0 Å². The minimum atomic E-state index is -2.67.